The van der Waals surface area contributed by atoms with Crippen molar-refractivity contribution < 1.29 is 0 Å². The number of hydrogen-bond acceptors (Lipinski definition) is 1. The van der Waals surface area contributed by atoms with Crippen LogP contribution in [0.2, 0.25) is 0 Å². The molecule has 0 aliphatic heterocycles. The summed E-state index contributed by atoms with van der Waals surface area (Å²) in [5, 5.41) is 9.83. The Hall–Kier alpha value is -3.35. The second kappa shape index (κ2) is 8.34. The standard InChI is InChI=1S/C26H19BrN2/c1-19-16-22(17-23(18-28)20-12-14-24(27)15-13-20)26(21-8-4-2-5-9-21)29(19)25-10-6-3-7-11-25/h2-17H,1H3/b23-17-. The first-order valence-electron chi connectivity index (χ1n) is 9.38. The van der Waals surface area contributed by atoms with Crippen LogP contribution in [0.5, 0.6) is 0 Å². The van der Waals surface area contributed by atoms with Gasteiger partial charge in [0.1, 0.15) is 0 Å². The SMILES string of the molecule is Cc1cc(/C=C(/C#N)c2ccc(Br)cc2)c(-c2ccccc2)n1-c1ccccc1. The molecule has 3 aromatic carbocycles. The van der Waals surface area contributed by atoms with Gasteiger partial charge in [-0.2, -0.15) is 5.26 Å². The van der Waals surface area contributed by atoms with Crippen LogP contribution < -0.4 is 0 Å². The molecule has 0 N–H and O–H groups in total. The minimum Gasteiger partial charge on any atom is -0.313 e. The molecule has 0 radical (unpaired) electrons. The second-order valence-electron chi connectivity index (χ2n) is 6.80. The zero-order valence-electron chi connectivity index (χ0n) is 16.0. The average molecular weight is 439 g/mol. The maximum Gasteiger partial charge on any atom is 0.0998 e. The van der Waals surface area contributed by atoms with Gasteiger partial charge in [-0.1, -0.05) is 76.6 Å². The highest BCUT2D eigenvalue weighted by Gasteiger charge is 2.16. The van der Waals surface area contributed by atoms with E-state index in [9.17, 15) is 5.26 Å². The fourth-order valence-corrected chi connectivity index (χ4v) is 3.80. The molecule has 0 fully saturated rings. The Morgan fingerprint density at radius 3 is 2.14 bits per heavy atom. The molecule has 29 heavy (non-hydrogen) atoms. The molecule has 0 amide bonds. The summed E-state index contributed by atoms with van der Waals surface area (Å²) in [5.41, 5.74) is 6.99. The highest BCUT2D eigenvalue weighted by Crippen LogP contribution is 2.33. The number of nitriles is 1. The summed E-state index contributed by atoms with van der Waals surface area (Å²) in [7, 11) is 0. The Labute approximate surface area is 179 Å². The highest BCUT2D eigenvalue weighted by molar-refractivity contribution is 9.10. The van der Waals surface area contributed by atoms with Crippen molar-refractivity contribution in [3.63, 3.8) is 0 Å². The third kappa shape index (κ3) is 3.94. The molecule has 3 heteroatoms. The Morgan fingerprint density at radius 1 is 0.897 bits per heavy atom. The van der Waals surface area contributed by atoms with E-state index in [1.807, 2.05) is 66.7 Å². The predicted octanol–water partition coefficient (Wildman–Crippen LogP) is 7.28. The Kier molecular flexibility index (Phi) is 5.46. The lowest BCUT2D eigenvalue weighted by Crippen LogP contribution is -1.99. The zero-order valence-corrected chi connectivity index (χ0v) is 17.6. The number of allylic oxidation sites excluding steroid dienone is 1. The molecule has 4 aromatic rings. The average Bonchev–Trinajstić information content (AvgIpc) is 3.09. The van der Waals surface area contributed by atoms with Crippen LogP contribution >= 0.6 is 15.9 Å². The molecule has 0 aliphatic rings. The van der Waals surface area contributed by atoms with Gasteiger partial charge in [0.2, 0.25) is 0 Å². The maximum absolute atomic E-state index is 9.83. The fourth-order valence-electron chi connectivity index (χ4n) is 3.54. The third-order valence-electron chi connectivity index (χ3n) is 4.85. The van der Waals surface area contributed by atoms with E-state index in [1.54, 1.807) is 0 Å². The molecule has 1 heterocycles. The van der Waals surface area contributed by atoms with Gasteiger partial charge in [-0.05, 0) is 54.5 Å². The molecule has 140 valence electrons. The van der Waals surface area contributed by atoms with Gasteiger partial charge in [-0.15, -0.1) is 0 Å². The van der Waals surface area contributed by atoms with Gasteiger partial charge in [0.15, 0.2) is 0 Å². The maximum atomic E-state index is 9.83. The number of nitrogens with zero attached hydrogens (tertiary/aromatic N) is 2. The number of hydrogen-bond donors (Lipinski definition) is 0. The van der Waals surface area contributed by atoms with Crippen LogP contribution in [0, 0.1) is 18.3 Å². The van der Waals surface area contributed by atoms with Crippen LogP contribution in [0.4, 0.5) is 0 Å². The minimum atomic E-state index is 0.639. The van der Waals surface area contributed by atoms with Crippen LogP contribution in [0.25, 0.3) is 28.6 Å². The van der Waals surface area contributed by atoms with Crippen LogP contribution in [-0.2, 0) is 0 Å². The van der Waals surface area contributed by atoms with E-state index in [4.69, 9.17) is 0 Å². The zero-order chi connectivity index (χ0) is 20.2. The molecular weight excluding hydrogens is 420 g/mol. The molecule has 1 aromatic heterocycles. The second-order valence-corrected chi connectivity index (χ2v) is 7.72. The Bertz CT molecular complexity index is 1200. The van der Waals surface area contributed by atoms with Crippen LogP contribution in [0.3, 0.4) is 0 Å². The summed E-state index contributed by atoms with van der Waals surface area (Å²) in [6, 6.07) is 33.0. The highest BCUT2D eigenvalue weighted by atomic mass is 79.9. The summed E-state index contributed by atoms with van der Waals surface area (Å²) in [6.07, 6.45) is 1.98. The number of aromatic nitrogens is 1. The summed E-state index contributed by atoms with van der Waals surface area (Å²) in [4.78, 5) is 0. The van der Waals surface area contributed by atoms with Gasteiger partial charge in [-0.3, -0.25) is 0 Å². The van der Waals surface area contributed by atoms with Gasteiger partial charge in [-0.25, -0.2) is 0 Å². The number of para-hydroxylation sites is 1. The monoisotopic (exact) mass is 438 g/mol. The molecule has 2 nitrogen and oxygen atoms in total. The molecule has 0 aliphatic carbocycles. The largest absolute Gasteiger partial charge is 0.313 e. The lowest BCUT2D eigenvalue weighted by Gasteiger charge is -2.13. The van der Waals surface area contributed by atoms with E-state index < -0.39 is 0 Å². The summed E-state index contributed by atoms with van der Waals surface area (Å²) < 4.78 is 3.24. The first-order chi connectivity index (χ1) is 14.2. The van der Waals surface area contributed by atoms with Crippen molar-refractivity contribution in [3.8, 4) is 23.0 Å². The first-order valence-corrected chi connectivity index (χ1v) is 10.2. The van der Waals surface area contributed by atoms with Crippen molar-refractivity contribution in [3.05, 3.63) is 112 Å². The molecular formula is C26H19BrN2. The lowest BCUT2D eigenvalue weighted by molar-refractivity contribution is 1.02. The van der Waals surface area contributed by atoms with Gasteiger partial charge in [0, 0.05) is 21.4 Å². The van der Waals surface area contributed by atoms with Gasteiger partial charge < -0.3 is 4.57 Å². The van der Waals surface area contributed by atoms with Crippen LogP contribution in [0.1, 0.15) is 16.8 Å². The van der Waals surface area contributed by atoms with Crippen molar-refractivity contribution in [2.24, 2.45) is 0 Å². The van der Waals surface area contributed by atoms with E-state index >= 15 is 0 Å². The quantitative estimate of drug-likeness (QED) is 0.307. The van der Waals surface area contributed by atoms with E-state index in [-0.39, 0.29) is 0 Å². The van der Waals surface area contributed by atoms with E-state index in [1.165, 1.54) is 0 Å². The Morgan fingerprint density at radius 2 is 1.52 bits per heavy atom. The molecule has 0 atom stereocenters. The third-order valence-corrected chi connectivity index (χ3v) is 5.38. The molecule has 0 bridgehead atoms. The lowest BCUT2D eigenvalue weighted by atomic mass is 10.0. The van der Waals surface area contributed by atoms with Gasteiger partial charge >= 0.3 is 0 Å². The van der Waals surface area contributed by atoms with E-state index in [0.29, 0.717) is 5.57 Å². The van der Waals surface area contributed by atoms with Crippen molar-refractivity contribution in [1.29, 1.82) is 5.26 Å². The number of halogens is 1. The number of benzene rings is 3. The normalized spacial score (nSPS) is 11.3. The first kappa shape index (κ1) is 19.0. The van der Waals surface area contributed by atoms with Crippen LogP contribution in [-0.4, -0.2) is 4.57 Å². The summed E-state index contributed by atoms with van der Waals surface area (Å²) in [5.74, 6) is 0. The molecule has 0 unspecified atom stereocenters. The molecule has 0 saturated carbocycles. The summed E-state index contributed by atoms with van der Waals surface area (Å²) >= 11 is 3.46. The van der Waals surface area contributed by atoms with Crippen molar-refractivity contribution in [2.45, 2.75) is 6.92 Å². The number of aryl methyl sites for hydroxylation is 1. The predicted molar refractivity (Wildman–Crippen MR) is 124 cm³/mol. The number of rotatable bonds is 4. The van der Waals surface area contributed by atoms with E-state index in [2.05, 4.69) is 63.8 Å². The topological polar surface area (TPSA) is 28.7 Å². The minimum absolute atomic E-state index is 0.639. The molecule has 0 spiro atoms. The van der Waals surface area contributed by atoms with Crippen molar-refractivity contribution in [1.82, 2.24) is 4.57 Å². The van der Waals surface area contributed by atoms with Crippen molar-refractivity contribution >= 4 is 27.6 Å². The van der Waals surface area contributed by atoms with Crippen molar-refractivity contribution in [2.75, 3.05) is 0 Å². The van der Waals surface area contributed by atoms with Crippen LogP contribution in [0.15, 0.2) is 95.5 Å². The Balaban J connectivity index is 1.94. The van der Waals surface area contributed by atoms with Gasteiger partial charge in [0.25, 0.3) is 0 Å². The smallest absolute Gasteiger partial charge is 0.0998 e. The van der Waals surface area contributed by atoms with Gasteiger partial charge in [0.05, 0.1) is 17.3 Å². The van der Waals surface area contributed by atoms with E-state index in [0.717, 1.165) is 38.2 Å². The molecule has 4 rings (SSSR count). The fraction of sp³-hybridized carbons (Fsp3) is 0.0385. The summed E-state index contributed by atoms with van der Waals surface area (Å²) in [6.45, 7) is 2.10. The molecule has 0 saturated heterocycles.